The summed E-state index contributed by atoms with van der Waals surface area (Å²) < 4.78 is 0. The highest BCUT2D eigenvalue weighted by Gasteiger charge is 2.22. The van der Waals surface area contributed by atoms with Crippen LogP contribution in [0.25, 0.3) is 0 Å². The van der Waals surface area contributed by atoms with Gasteiger partial charge < -0.3 is 16.0 Å². The first-order chi connectivity index (χ1) is 11.1. The number of carbonyl (C=O) groups is 2. The van der Waals surface area contributed by atoms with Crippen molar-refractivity contribution in [2.45, 2.75) is 45.1 Å². The van der Waals surface area contributed by atoms with Gasteiger partial charge in [-0.1, -0.05) is 19.1 Å². The van der Waals surface area contributed by atoms with Gasteiger partial charge in [0.2, 0.25) is 11.8 Å². The Bertz CT molecular complexity index is 600. The summed E-state index contributed by atoms with van der Waals surface area (Å²) in [6, 6.07) is 6.34. The number of benzene rings is 1. The molecule has 0 bridgehead atoms. The number of nitrogens with one attached hydrogen (secondary N) is 3. The number of aryl methyl sites for hydroxylation is 1. The van der Waals surface area contributed by atoms with Gasteiger partial charge in [-0.15, -0.1) is 0 Å². The Morgan fingerprint density at radius 3 is 3.09 bits per heavy atom. The molecule has 0 radical (unpaired) electrons. The second kappa shape index (κ2) is 7.13. The predicted molar refractivity (Wildman–Crippen MR) is 90.3 cm³/mol. The highest BCUT2D eigenvalue weighted by atomic mass is 16.2. The van der Waals surface area contributed by atoms with Crippen molar-refractivity contribution in [3.8, 4) is 0 Å². The third-order valence-electron chi connectivity index (χ3n) is 4.84. The molecule has 2 unspecified atom stereocenters. The minimum Gasteiger partial charge on any atom is -0.352 e. The van der Waals surface area contributed by atoms with E-state index in [2.05, 4.69) is 28.9 Å². The Kier molecular flexibility index (Phi) is 4.96. The number of hydrogen-bond acceptors (Lipinski definition) is 3. The molecule has 5 nitrogen and oxygen atoms in total. The molecule has 124 valence electrons. The van der Waals surface area contributed by atoms with Gasteiger partial charge in [0.15, 0.2) is 0 Å². The van der Waals surface area contributed by atoms with Crippen LogP contribution in [0.15, 0.2) is 18.2 Å². The van der Waals surface area contributed by atoms with Crippen LogP contribution >= 0.6 is 0 Å². The van der Waals surface area contributed by atoms with Crippen LogP contribution in [0.4, 0.5) is 5.69 Å². The van der Waals surface area contributed by atoms with Crippen LogP contribution in [0.1, 0.15) is 37.3 Å². The van der Waals surface area contributed by atoms with E-state index in [1.807, 2.05) is 12.1 Å². The molecule has 0 spiro atoms. The molecule has 2 aliphatic heterocycles. The van der Waals surface area contributed by atoms with Crippen molar-refractivity contribution in [1.82, 2.24) is 10.6 Å². The summed E-state index contributed by atoms with van der Waals surface area (Å²) in [4.78, 5) is 23.4. The molecule has 3 rings (SSSR count). The number of hydrogen-bond donors (Lipinski definition) is 3. The minimum atomic E-state index is 0.0618. The van der Waals surface area contributed by atoms with Crippen molar-refractivity contribution in [1.29, 1.82) is 0 Å². The lowest BCUT2D eigenvalue weighted by Crippen LogP contribution is -2.50. The molecule has 0 aromatic heterocycles. The first-order valence-corrected chi connectivity index (χ1v) is 8.53. The van der Waals surface area contributed by atoms with Crippen LogP contribution in [-0.2, 0) is 22.4 Å². The highest BCUT2D eigenvalue weighted by Crippen LogP contribution is 2.24. The molecule has 2 heterocycles. The second-order valence-corrected chi connectivity index (χ2v) is 6.71. The Morgan fingerprint density at radius 2 is 2.26 bits per heavy atom. The zero-order chi connectivity index (χ0) is 16.2. The Labute approximate surface area is 137 Å². The Morgan fingerprint density at radius 1 is 1.39 bits per heavy atom. The summed E-state index contributed by atoms with van der Waals surface area (Å²) in [6.07, 6.45) is 3.84. The molecule has 23 heavy (non-hydrogen) atoms. The fourth-order valence-electron chi connectivity index (χ4n) is 3.35. The second-order valence-electron chi connectivity index (χ2n) is 6.71. The van der Waals surface area contributed by atoms with E-state index < -0.39 is 0 Å². The smallest absolute Gasteiger partial charge is 0.228 e. The normalized spacial score (nSPS) is 23.3. The van der Waals surface area contributed by atoms with Gasteiger partial charge in [0.05, 0.1) is 6.42 Å². The van der Waals surface area contributed by atoms with Crippen LogP contribution in [0.5, 0.6) is 0 Å². The monoisotopic (exact) mass is 315 g/mol. The zero-order valence-corrected chi connectivity index (χ0v) is 13.7. The molecule has 2 amide bonds. The van der Waals surface area contributed by atoms with E-state index >= 15 is 0 Å². The van der Waals surface area contributed by atoms with Crippen molar-refractivity contribution < 1.29 is 9.59 Å². The molecule has 3 N–H and O–H groups in total. The summed E-state index contributed by atoms with van der Waals surface area (Å²) in [6.45, 7) is 4.12. The van der Waals surface area contributed by atoms with Gasteiger partial charge in [0.25, 0.3) is 0 Å². The molecule has 1 aromatic rings. The maximum absolute atomic E-state index is 12.1. The van der Waals surface area contributed by atoms with E-state index in [0.717, 1.165) is 43.6 Å². The Hall–Kier alpha value is -1.88. The van der Waals surface area contributed by atoms with Crippen LogP contribution in [-0.4, -0.2) is 30.9 Å². The SMILES string of the molecule is CC1CCNCC1NC(=O)CCCc1ccc2c(c1)CC(=O)N2. The molecular weight excluding hydrogens is 290 g/mol. The zero-order valence-electron chi connectivity index (χ0n) is 13.7. The first-order valence-electron chi connectivity index (χ1n) is 8.53. The van der Waals surface area contributed by atoms with E-state index in [1.165, 1.54) is 5.56 Å². The van der Waals surface area contributed by atoms with Gasteiger partial charge in [0.1, 0.15) is 0 Å². The summed E-state index contributed by atoms with van der Waals surface area (Å²) in [7, 11) is 0. The number of carbonyl (C=O) groups excluding carboxylic acids is 2. The summed E-state index contributed by atoms with van der Waals surface area (Å²) >= 11 is 0. The molecule has 1 aromatic carbocycles. The van der Waals surface area contributed by atoms with Gasteiger partial charge in [-0.2, -0.15) is 0 Å². The summed E-state index contributed by atoms with van der Waals surface area (Å²) in [5.41, 5.74) is 3.19. The molecule has 2 aliphatic rings. The van der Waals surface area contributed by atoms with Crippen molar-refractivity contribution in [3.05, 3.63) is 29.3 Å². The quantitative estimate of drug-likeness (QED) is 0.773. The molecular formula is C18H25N3O2. The minimum absolute atomic E-state index is 0.0618. The molecule has 2 atom stereocenters. The topological polar surface area (TPSA) is 70.2 Å². The first kappa shape index (κ1) is 16.0. The van der Waals surface area contributed by atoms with Crippen molar-refractivity contribution >= 4 is 17.5 Å². The predicted octanol–water partition coefficient (Wildman–Crippen LogP) is 1.62. The van der Waals surface area contributed by atoms with Gasteiger partial charge in [0, 0.05) is 24.7 Å². The molecule has 1 fully saturated rings. The lowest BCUT2D eigenvalue weighted by atomic mass is 9.94. The number of piperidine rings is 1. The van der Waals surface area contributed by atoms with Gasteiger partial charge >= 0.3 is 0 Å². The van der Waals surface area contributed by atoms with Crippen molar-refractivity contribution in [2.75, 3.05) is 18.4 Å². The number of anilines is 1. The number of fused-ring (bicyclic) bond motifs is 1. The van der Waals surface area contributed by atoms with Crippen LogP contribution < -0.4 is 16.0 Å². The van der Waals surface area contributed by atoms with Gasteiger partial charge in [-0.25, -0.2) is 0 Å². The molecule has 5 heteroatoms. The Balaban J connectivity index is 1.43. The third-order valence-corrected chi connectivity index (χ3v) is 4.84. The lowest BCUT2D eigenvalue weighted by Gasteiger charge is -2.30. The standard InChI is InChI=1S/C18H25N3O2/c1-12-7-8-19-11-16(12)21-17(22)4-2-3-13-5-6-15-14(9-13)10-18(23)20-15/h5-6,9,12,16,19H,2-4,7-8,10-11H2,1H3,(H,20,23)(H,21,22). The number of amides is 2. The highest BCUT2D eigenvalue weighted by molar-refractivity contribution is 5.99. The van der Waals surface area contributed by atoms with E-state index in [9.17, 15) is 9.59 Å². The summed E-state index contributed by atoms with van der Waals surface area (Å²) in [5.74, 6) is 0.747. The van der Waals surface area contributed by atoms with E-state index in [1.54, 1.807) is 0 Å². The van der Waals surface area contributed by atoms with E-state index in [-0.39, 0.29) is 17.9 Å². The average Bonchev–Trinajstić information content (AvgIpc) is 2.89. The van der Waals surface area contributed by atoms with Crippen molar-refractivity contribution in [2.24, 2.45) is 5.92 Å². The van der Waals surface area contributed by atoms with Crippen LogP contribution in [0, 0.1) is 5.92 Å². The largest absolute Gasteiger partial charge is 0.352 e. The van der Waals surface area contributed by atoms with E-state index in [0.29, 0.717) is 18.8 Å². The molecule has 1 saturated heterocycles. The van der Waals surface area contributed by atoms with Crippen LogP contribution in [0.3, 0.4) is 0 Å². The van der Waals surface area contributed by atoms with E-state index in [4.69, 9.17) is 0 Å². The lowest BCUT2D eigenvalue weighted by molar-refractivity contribution is -0.122. The van der Waals surface area contributed by atoms with Crippen molar-refractivity contribution in [3.63, 3.8) is 0 Å². The van der Waals surface area contributed by atoms with Crippen LogP contribution in [0.2, 0.25) is 0 Å². The molecule has 0 saturated carbocycles. The molecule has 0 aliphatic carbocycles. The fourth-order valence-corrected chi connectivity index (χ4v) is 3.35. The van der Waals surface area contributed by atoms with Gasteiger partial charge in [-0.05, 0) is 48.9 Å². The number of rotatable bonds is 5. The maximum atomic E-state index is 12.1. The average molecular weight is 315 g/mol. The van der Waals surface area contributed by atoms with Gasteiger partial charge in [-0.3, -0.25) is 9.59 Å². The third kappa shape index (κ3) is 4.10. The fraction of sp³-hybridized carbons (Fsp3) is 0.556. The maximum Gasteiger partial charge on any atom is 0.228 e. The summed E-state index contributed by atoms with van der Waals surface area (Å²) in [5, 5.41) is 9.32.